The molecule has 0 saturated heterocycles. The Bertz CT molecular complexity index is 1180. The van der Waals surface area contributed by atoms with Crippen LogP contribution in [-0.4, -0.2) is 96.1 Å². The van der Waals surface area contributed by atoms with E-state index in [1.807, 2.05) is 0 Å². The highest BCUT2D eigenvalue weighted by molar-refractivity contribution is 7.17. The molecule has 0 spiro atoms. The molecule has 53 heavy (non-hydrogen) atoms. The van der Waals surface area contributed by atoms with E-state index in [1.165, 1.54) is 0 Å². The van der Waals surface area contributed by atoms with Crippen molar-refractivity contribution in [3.8, 4) is 0 Å². The van der Waals surface area contributed by atoms with Gasteiger partial charge in [0, 0.05) is 12.8 Å². The van der Waals surface area contributed by atoms with Gasteiger partial charge >= 0.3 is 79.4 Å². The molecule has 0 fully saturated rings. The summed E-state index contributed by atoms with van der Waals surface area (Å²) in [4.78, 5) is 0. The Morgan fingerprint density at radius 1 is 0.340 bits per heavy atom. The van der Waals surface area contributed by atoms with Gasteiger partial charge in [-0.15, -0.1) is 11.1 Å². The molecular formula is C21H23ClF26O2Si3. The van der Waals surface area contributed by atoms with Crippen LogP contribution in [0.4, 0.5) is 114 Å². The van der Waals surface area contributed by atoms with Crippen molar-refractivity contribution >= 4 is 35.6 Å². The van der Waals surface area contributed by atoms with Crippen molar-refractivity contribution in [3.05, 3.63) is 0 Å². The Labute approximate surface area is 287 Å². The minimum Gasteiger partial charge on any atom is -0.425 e. The molecule has 0 bridgehead atoms. The molecule has 0 aliphatic carbocycles. The molecule has 0 N–H and O–H groups in total. The Morgan fingerprint density at radius 2 is 0.528 bits per heavy atom. The lowest BCUT2D eigenvalue weighted by atomic mass is 9.93. The van der Waals surface area contributed by atoms with Crippen LogP contribution in [0, 0.1) is 0 Å². The molecule has 0 amide bonds. The van der Waals surface area contributed by atoms with Crippen molar-refractivity contribution < 1.29 is 122 Å². The highest BCUT2D eigenvalue weighted by atomic mass is 35.6. The van der Waals surface area contributed by atoms with Crippen molar-refractivity contribution in [2.24, 2.45) is 0 Å². The first-order valence-corrected chi connectivity index (χ1v) is 22.9. The van der Waals surface area contributed by atoms with E-state index in [0.717, 1.165) is 0 Å². The fourth-order valence-corrected chi connectivity index (χ4v) is 18.8. The summed E-state index contributed by atoms with van der Waals surface area (Å²) < 4.78 is 358. The number of alkyl halides is 26. The summed E-state index contributed by atoms with van der Waals surface area (Å²) in [6.45, 7) is 3.30. The highest BCUT2D eigenvalue weighted by Gasteiger charge is 2.92. The average Bonchev–Trinajstić information content (AvgIpc) is 2.87. The molecule has 0 rings (SSSR count). The van der Waals surface area contributed by atoms with Gasteiger partial charge in [-0.25, -0.2) is 0 Å². The molecule has 0 aromatic rings. The SMILES string of the molecule is C[Si](C)(CCC(F)(F)C(F)(F)C(F)(F)C(F)(F)C(F)(F)C(F)(F)F)O[Si](C)(Cl)O[Si](C)(C)CCC(F)(F)C(F)(F)C(F)(F)C(F)(F)C(F)(F)C(F)(F)F. The maximum absolute atomic E-state index is 14.2. The number of hydrogen-bond acceptors (Lipinski definition) is 2. The summed E-state index contributed by atoms with van der Waals surface area (Å²) in [5.41, 5.74) is 0. The standard InChI is InChI=1S/C21H23ClF26O2Si3/c1-51(2,8-6-10(23,24)12(27,28)14(31,32)16(35,36)18(39,40)20(43,44)45)49-53(5,22)50-52(3,4)9-7-11(25,26)13(29,30)15(33,34)17(37,38)19(41,42)21(46,47)48/h6-9H2,1-5H3. The molecule has 0 aromatic carbocycles. The van der Waals surface area contributed by atoms with Crippen LogP contribution in [0.5, 0.6) is 0 Å². The molecule has 0 aliphatic heterocycles. The molecule has 0 radical (unpaired) electrons. The largest absolute Gasteiger partial charge is 0.460 e. The molecule has 0 unspecified atom stereocenters. The number of halogens is 27. The van der Waals surface area contributed by atoms with Crippen LogP contribution < -0.4 is 0 Å². The Kier molecular flexibility index (Phi) is 13.9. The van der Waals surface area contributed by atoms with Crippen LogP contribution in [0.3, 0.4) is 0 Å². The molecule has 0 aliphatic rings. The molecule has 0 saturated carbocycles. The lowest BCUT2D eigenvalue weighted by molar-refractivity contribution is -0.440. The van der Waals surface area contributed by atoms with Crippen molar-refractivity contribution in [2.75, 3.05) is 0 Å². The Balaban J connectivity index is 6.10. The van der Waals surface area contributed by atoms with E-state index in [-0.39, 0.29) is 0 Å². The van der Waals surface area contributed by atoms with Gasteiger partial charge in [0.05, 0.1) is 0 Å². The van der Waals surface area contributed by atoms with E-state index in [0.29, 0.717) is 32.7 Å². The van der Waals surface area contributed by atoms with Crippen LogP contribution in [0.25, 0.3) is 0 Å². The van der Waals surface area contributed by atoms with Crippen molar-refractivity contribution in [2.45, 2.75) is 129 Å². The predicted molar refractivity (Wildman–Crippen MR) is 135 cm³/mol. The first kappa shape index (κ1) is 52.0. The van der Waals surface area contributed by atoms with Crippen LogP contribution in [-0.2, 0) is 8.23 Å². The van der Waals surface area contributed by atoms with Crippen molar-refractivity contribution in [3.63, 3.8) is 0 Å². The summed E-state index contributed by atoms with van der Waals surface area (Å²) in [6.07, 6.45) is -20.8. The Morgan fingerprint density at radius 3 is 0.717 bits per heavy atom. The molecule has 0 atom stereocenters. The smallest absolute Gasteiger partial charge is 0.425 e. The van der Waals surface area contributed by atoms with E-state index < -0.39 is 121 Å². The van der Waals surface area contributed by atoms with Crippen LogP contribution in [0.15, 0.2) is 0 Å². The highest BCUT2D eigenvalue weighted by Crippen LogP contribution is 2.62. The number of rotatable bonds is 18. The van der Waals surface area contributed by atoms with Gasteiger partial charge in [0.25, 0.3) is 0 Å². The van der Waals surface area contributed by atoms with Gasteiger partial charge in [0.15, 0.2) is 16.6 Å². The summed E-state index contributed by atoms with van der Waals surface area (Å²) in [7, 11) is -13.4. The van der Waals surface area contributed by atoms with E-state index in [2.05, 4.69) is 0 Å². The molecule has 0 aromatic heterocycles. The lowest BCUT2D eigenvalue weighted by Crippen LogP contribution is -2.70. The molecular weight excluding hydrogens is 898 g/mol. The van der Waals surface area contributed by atoms with Crippen LogP contribution in [0.1, 0.15) is 12.8 Å². The van der Waals surface area contributed by atoms with Gasteiger partial charge in [-0.3, -0.25) is 0 Å². The summed E-state index contributed by atoms with van der Waals surface area (Å²) in [5, 5.41) is 0. The minimum atomic E-state index is -8.19. The topological polar surface area (TPSA) is 18.5 Å². The van der Waals surface area contributed by atoms with Gasteiger partial charge in [-0.05, 0) is 44.8 Å². The third-order valence-electron chi connectivity index (χ3n) is 7.00. The summed E-state index contributed by atoms with van der Waals surface area (Å²) in [6, 6.07) is -3.33. The lowest BCUT2D eigenvalue weighted by Gasteiger charge is -2.41. The second-order valence-corrected chi connectivity index (χ2v) is 26.0. The number of hydrogen-bond donors (Lipinski definition) is 0. The zero-order valence-electron chi connectivity index (χ0n) is 26.3. The van der Waals surface area contributed by atoms with Gasteiger partial charge in [0.2, 0.25) is 0 Å². The fourth-order valence-electron chi connectivity index (χ4n) is 3.94. The van der Waals surface area contributed by atoms with Gasteiger partial charge < -0.3 is 8.23 Å². The first-order valence-electron chi connectivity index (χ1n) is 13.3. The zero-order valence-corrected chi connectivity index (χ0v) is 30.1. The van der Waals surface area contributed by atoms with E-state index in [4.69, 9.17) is 19.3 Å². The molecule has 0 heterocycles. The predicted octanol–water partition coefficient (Wildman–Crippen LogP) is 12.5. The minimum absolute atomic E-state index is 0.611. The maximum atomic E-state index is 14.2. The summed E-state index contributed by atoms with van der Waals surface area (Å²) >= 11 is 5.91. The second-order valence-electron chi connectivity index (χ2n) is 12.6. The van der Waals surface area contributed by atoms with Crippen LogP contribution in [0.2, 0.25) is 44.8 Å². The third-order valence-corrected chi connectivity index (χ3v) is 18.6. The van der Waals surface area contributed by atoms with Crippen molar-refractivity contribution in [1.82, 2.24) is 0 Å². The van der Waals surface area contributed by atoms with Crippen LogP contribution >= 0.6 is 11.1 Å². The molecule has 2 nitrogen and oxygen atoms in total. The van der Waals surface area contributed by atoms with Crippen molar-refractivity contribution in [1.29, 1.82) is 0 Å². The summed E-state index contributed by atoms with van der Waals surface area (Å²) in [5.74, 6) is -77.0. The molecule has 320 valence electrons. The van der Waals surface area contributed by atoms with E-state index >= 15 is 0 Å². The van der Waals surface area contributed by atoms with Gasteiger partial charge in [-0.1, -0.05) is 0 Å². The van der Waals surface area contributed by atoms with Gasteiger partial charge in [-0.2, -0.15) is 114 Å². The third kappa shape index (κ3) is 9.28. The second kappa shape index (κ2) is 14.1. The fraction of sp³-hybridized carbons (Fsp3) is 1.00. The Hall–Kier alpha value is -0.959. The monoisotopic (exact) mass is 920 g/mol. The van der Waals surface area contributed by atoms with E-state index in [9.17, 15) is 114 Å². The molecule has 32 heteroatoms. The normalized spacial score (nSPS) is 16.8. The average molecular weight is 921 g/mol. The first-order chi connectivity index (χ1) is 22.3. The van der Waals surface area contributed by atoms with E-state index in [1.54, 1.807) is 0 Å². The quantitative estimate of drug-likeness (QED) is 0.0775. The zero-order chi connectivity index (χ0) is 43.7. The van der Waals surface area contributed by atoms with Gasteiger partial charge in [0.1, 0.15) is 0 Å². The maximum Gasteiger partial charge on any atom is 0.460 e.